The fraction of sp³-hybridized carbons (Fsp3) is 1.00. The summed E-state index contributed by atoms with van der Waals surface area (Å²) in [5, 5.41) is 0. The normalized spacial score (nSPS) is 15.2. The molecule has 0 aromatic heterocycles. The molecule has 0 aromatic carbocycles. The fourth-order valence-corrected chi connectivity index (χ4v) is 2.64. The van der Waals surface area contributed by atoms with Gasteiger partial charge in [-0.15, -0.1) is 0 Å². The van der Waals surface area contributed by atoms with Gasteiger partial charge in [0.15, 0.2) is 0 Å². The Morgan fingerprint density at radius 3 is 1.88 bits per heavy atom. The van der Waals surface area contributed by atoms with Gasteiger partial charge in [-0.25, -0.2) is 0 Å². The highest BCUT2D eigenvalue weighted by Crippen LogP contribution is 2.35. The molecule has 98 valence electrons. The van der Waals surface area contributed by atoms with Crippen LogP contribution in [-0.4, -0.2) is 0 Å². The molecule has 1 unspecified atom stereocenters. The van der Waals surface area contributed by atoms with Gasteiger partial charge in [0.05, 0.1) is 0 Å². The minimum atomic E-state index is 0.545. The predicted octanol–water partition coefficient (Wildman–Crippen LogP) is 6.06. The molecule has 0 aromatic rings. The van der Waals surface area contributed by atoms with Crippen molar-refractivity contribution in [2.24, 2.45) is 16.7 Å². The third-order valence-electron chi connectivity index (χ3n) is 4.10. The molecule has 0 fully saturated rings. The largest absolute Gasteiger partial charge is 0.0654 e. The molecule has 0 saturated carbocycles. The summed E-state index contributed by atoms with van der Waals surface area (Å²) in [4.78, 5) is 0. The van der Waals surface area contributed by atoms with Crippen LogP contribution in [-0.2, 0) is 0 Å². The summed E-state index contributed by atoms with van der Waals surface area (Å²) in [6.45, 7) is 16.7. The highest BCUT2D eigenvalue weighted by atomic mass is 14.3. The Labute approximate surface area is 104 Å². The van der Waals surface area contributed by atoms with E-state index in [2.05, 4.69) is 48.5 Å². The van der Waals surface area contributed by atoms with Crippen molar-refractivity contribution in [1.29, 1.82) is 0 Å². The predicted molar refractivity (Wildman–Crippen MR) is 75.8 cm³/mol. The molecule has 1 atom stereocenters. The van der Waals surface area contributed by atoms with Gasteiger partial charge in [-0.3, -0.25) is 0 Å². The van der Waals surface area contributed by atoms with Crippen LogP contribution in [0.25, 0.3) is 0 Å². The van der Waals surface area contributed by atoms with Crippen molar-refractivity contribution in [3.8, 4) is 0 Å². The molecule has 0 saturated heterocycles. The van der Waals surface area contributed by atoms with Gasteiger partial charge in [0.2, 0.25) is 0 Å². The van der Waals surface area contributed by atoms with Crippen LogP contribution in [0.5, 0.6) is 0 Å². The average molecular weight is 226 g/mol. The summed E-state index contributed by atoms with van der Waals surface area (Å²) >= 11 is 0. The quantitative estimate of drug-likeness (QED) is 0.472. The fourth-order valence-electron chi connectivity index (χ4n) is 2.64. The average Bonchev–Trinajstić information content (AvgIpc) is 2.14. The molecule has 0 aliphatic carbocycles. The molecule has 0 bridgehead atoms. The Morgan fingerprint density at radius 2 is 1.44 bits per heavy atom. The molecule has 0 radical (unpaired) electrons. The van der Waals surface area contributed by atoms with Crippen molar-refractivity contribution in [2.45, 2.75) is 87.0 Å². The maximum absolute atomic E-state index is 2.43. The van der Waals surface area contributed by atoms with E-state index in [4.69, 9.17) is 0 Å². The molecule has 0 rings (SSSR count). The zero-order chi connectivity index (χ0) is 12.8. The second-order valence-corrected chi connectivity index (χ2v) is 7.28. The van der Waals surface area contributed by atoms with E-state index in [9.17, 15) is 0 Å². The van der Waals surface area contributed by atoms with E-state index in [0.717, 1.165) is 5.92 Å². The van der Waals surface area contributed by atoms with E-state index < -0.39 is 0 Å². The Morgan fingerprint density at radius 1 is 0.875 bits per heavy atom. The van der Waals surface area contributed by atoms with Crippen molar-refractivity contribution in [3.63, 3.8) is 0 Å². The molecule has 16 heavy (non-hydrogen) atoms. The summed E-state index contributed by atoms with van der Waals surface area (Å²) in [6, 6.07) is 0. The topological polar surface area (TPSA) is 0 Å². The summed E-state index contributed by atoms with van der Waals surface area (Å²) in [7, 11) is 0. The van der Waals surface area contributed by atoms with Crippen LogP contribution in [0.1, 0.15) is 87.0 Å². The monoisotopic (exact) mass is 226 g/mol. The van der Waals surface area contributed by atoms with Gasteiger partial charge < -0.3 is 0 Å². The van der Waals surface area contributed by atoms with E-state index in [1.54, 1.807) is 0 Å². The Kier molecular flexibility index (Phi) is 6.67. The Balaban J connectivity index is 3.95. The zero-order valence-electron chi connectivity index (χ0n) is 12.8. The smallest absolute Gasteiger partial charge is 0.0352 e. The molecular formula is C16H34. The van der Waals surface area contributed by atoms with Crippen LogP contribution in [0.2, 0.25) is 0 Å². The molecule has 0 aliphatic rings. The maximum Gasteiger partial charge on any atom is -0.0352 e. The summed E-state index contributed by atoms with van der Waals surface area (Å²) < 4.78 is 0. The van der Waals surface area contributed by atoms with Crippen molar-refractivity contribution in [3.05, 3.63) is 0 Å². The van der Waals surface area contributed by atoms with Crippen LogP contribution >= 0.6 is 0 Å². The molecule has 0 heterocycles. The molecule has 0 nitrogen and oxygen atoms in total. The molecule has 0 spiro atoms. The van der Waals surface area contributed by atoms with Crippen LogP contribution in [0, 0.1) is 16.7 Å². The summed E-state index contributed by atoms with van der Waals surface area (Å²) in [5.74, 6) is 0.882. The van der Waals surface area contributed by atoms with Gasteiger partial charge in [-0.05, 0) is 36.0 Å². The third-order valence-corrected chi connectivity index (χ3v) is 4.10. The summed E-state index contributed by atoms with van der Waals surface area (Å²) in [5.41, 5.74) is 1.09. The van der Waals surface area contributed by atoms with Crippen LogP contribution in [0.4, 0.5) is 0 Å². The van der Waals surface area contributed by atoms with Gasteiger partial charge >= 0.3 is 0 Å². The lowest BCUT2D eigenvalue weighted by Gasteiger charge is -2.30. The number of hydrogen-bond donors (Lipinski definition) is 0. The van der Waals surface area contributed by atoms with E-state index in [-0.39, 0.29) is 0 Å². The number of hydrogen-bond acceptors (Lipinski definition) is 0. The zero-order valence-corrected chi connectivity index (χ0v) is 12.8. The van der Waals surface area contributed by atoms with Gasteiger partial charge in [0.1, 0.15) is 0 Å². The van der Waals surface area contributed by atoms with E-state index in [0.29, 0.717) is 10.8 Å². The Hall–Kier alpha value is 0. The third kappa shape index (κ3) is 7.30. The first-order valence-corrected chi connectivity index (χ1v) is 7.22. The van der Waals surface area contributed by atoms with Crippen molar-refractivity contribution in [1.82, 2.24) is 0 Å². The molecular weight excluding hydrogens is 192 g/mol. The van der Waals surface area contributed by atoms with Gasteiger partial charge in [0, 0.05) is 0 Å². The number of rotatable bonds is 8. The lowest BCUT2D eigenvalue weighted by molar-refractivity contribution is 0.219. The van der Waals surface area contributed by atoms with Crippen molar-refractivity contribution >= 4 is 0 Å². The second kappa shape index (κ2) is 6.67. The van der Waals surface area contributed by atoms with Gasteiger partial charge in [-0.2, -0.15) is 0 Å². The van der Waals surface area contributed by atoms with E-state index in [1.807, 2.05) is 0 Å². The highest BCUT2D eigenvalue weighted by molar-refractivity contribution is 4.74. The Bertz CT molecular complexity index is 176. The van der Waals surface area contributed by atoms with Crippen molar-refractivity contribution < 1.29 is 0 Å². The second-order valence-electron chi connectivity index (χ2n) is 7.28. The minimum Gasteiger partial charge on any atom is -0.0654 e. The standard InChI is InChI=1S/C16H34/c1-8-11-16(6,7)13-14(3)10-12-15(4,5)9-2/h14H,8-13H2,1-7H3. The summed E-state index contributed by atoms with van der Waals surface area (Å²) in [6.07, 6.45) is 8.16. The lowest BCUT2D eigenvalue weighted by atomic mass is 9.76. The van der Waals surface area contributed by atoms with E-state index >= 15 is 0 Å². The SMILES string of the molecule is CCCC(C)(C)CC(C)CCC(C)(C)CC. The van der Waals surface area contributed by atoms with Crippen molar-refractivity contribution in [2.75, 3.05) is 0 Å². The molecule has 0 heteroatoms. The first kappa shape index (κ1) is 16.0. The molecule has 0 aliphatic heterocycles. The molecule has 0 N–H and O–H groups in total. The van der Waals surface area contributed by atoms with Crippen LogP contribution < -0.4 is 0 Å². The van der Waals surface area contributed by atoms with Crippen LogP contribution in [0.3, 0.4) is 0 Å². The first-order valence-electron chi connectivity index (χ1n) is 7.22. The van der Waals surface area contributed by atoms with Gasteiger partial charge in [0.25, 0.3) is 0 Å². The lowest BCUT2D eigenvalue weighted by Crippen LogP contribution is -2.17. The first-order chi connectivity index (χ1) is 7.22. The molecule has 0 amide bonds. The minimum absolute atomic E-state index is 0.545. The van der Waals surface area contributed by atoms with Gasteiger partial charge in [-0.1, -0.05) is 67.7 Å². The highest BCUT2D eigenvalue weighted by Gasteiger charge is 2.22. The maximum atomic E-state index is 2.43. The van der Waals surface area contributed by atoms with E-state index in [1.165, 1.54) is 38.5 Å². The van der Waals surface area contributed by atoms with Crippen LogP contribution in [0.15, 0.2) is 0 Å².